The number of hydrogen-bond donors (Lipinski definition) is 1. The lowest BCUT2D eigenvalue weighted by atomic mass is 9.88. The van der Waals surface area contributed by atoms with Crippen molar-refractivity contribution < 1.29 is 4.79 Å². The van der Waals surface area contributed by atoms with E-state index in [9.17, 15) is 4.79 Å². The van der Waals surface area contributed by atoms with Crippen molar-refractivity contribution in [1.82, 2.24) is 0 Å². The first-order valence-electron chi connectivity index (χ1n) is 6.96. The molecule has 0 saturated carbocycles. The molecule has 106 valence electrons. The molecule has 0 radical (unpaired) electrons. The van der Waals surface area contributed by atoms with Gasteiger partial charge < -0.3 is 10.6 Å². The van der Waals surface area contributed by atoms with Crippen LogP contribution < -0.4 is 10.6 Å². The number of nitrogens with zero attached hydrogens (tertiary/aromatic N) is 1. The summed E-state index contributed by atoms with van der Waals surface area (Å²) in [5.74, 6) is 0.172. The van der Waals surface area contributed by atoms with Crippen molar-refractivity contribution in [3.05, 3.63) is 29.8 Å². The number of benzene rings is 1. The van der Waals surface area contributed by atoms with Gasteiger partial charge in [0, 0.05) is 23.7 Å². The maximum absolute atomic E-state index is 12.7. The summed E-state index contributed by atoms with van der Waals surface area (Å²) in [5, 5.41) is 0. The van der Waals surface area contributed by atoms with E-state index in [0.717, 1.165) is 17.7 Å². The topological polar surface area (TPSA) is 46.3 Å². The zero-order valence-electron chi connectivity index (χ0n) is 12.7. The molecule has 0 aliphatic rings. The Morgan fingerprint density at radius 2 is 1.79 bits per heavy atom. The first-order chi connectivity index (χ1) is 8.83. The van der Waals surface area contributed by atoms with Gasteiger partial charge in [0.2, 0.25) is 5.91 Å². The van der Waals surface area contributed by atoms with E-state index in [1.807, 2.05) is 63.8 Å². The zero-order valence-corrected chi connectivity index (χ0v) is 12.7. The molecule has 3 heteroatoms. The first-order valence-corrected chi connectivity index (χ1v) is 6.96. The fourth-order valence-corrected chi connectivity index (χ4v) is 1.92. The molecule has 1 aromatic rings. The van der Waals surface area contributed by atoms with Gasteiger partial charge in [0.25, 0.3) is 0 Å². The molecule has 0 spiro atoms. The number of carbonyl (C=O) groups is 1. The van der Waals surface area contributed by atoms with E-state index in [-0.39, 0.29) is 17.4 Å². The van der Waals surface area contributed by atoms with Crippen LogP contribution in [0.4, 0.5) is 5.69 Å². The summed E-state index contributed by atoms with van der Waals surface area (Å²) in [6.07, 6.45) is 0.829. The number of carbonyl (C=O) groups excluding carboxylic acids is 1. The van der Waals surface area contributed by atoms with Crippen LogP contribution in [0.1, 0.15) is 46.6 Å². The molecule has 1 rings (SSSR count). The van der Waals surface area contributed by atoms with Crippen LogP contribution in [0.2, 0.25) is 0 Å². The van der Waals surface area contributed by atoms with Crippen LogP contribution in [0.15, 0.2) is 24.3 Å². The minimum absolute atomic E-state index is 0.141. The van der Waals surface area contributed by atoms with Crippen LogP contribution >= 0.6 is 0 Å². The van der Waals surface area contributed by atoms with Gasteiger partial charge in [0.1, 0.15) is 0 Å². The molecule has 19 heavy (non-hydrogen) atoms. The Kier molecular flexibility index (Phi) is 5.12. The monoisotopic (exact) mass is 262 g/mol. The quantitative estimate of drug-likeness (QED) is 0.884. The molecule has 0 fully saturated rings. The van der Waals surface area contributed by atoms with Gasteiger partial charge in [0.05, 0.1) is 0 Å². The molecular weight excluding hydrogens is 236 g/mol. The summed E-state index contributed by atoms with van der Waals surface area (Å²) >= 11 is 0. The second-order valence-electron chi connectivity index (χ2n) is 5.88. The lowest BCUT2D eigenvalue weighted by molar-refractivity contribution is -0.127. The molecule has 0 unspecified atom stereocenters. The fourth-order valence-electron chi connectivity index (χ4n) is 1.92. The molecular formula is C16H26N2O. The van der Waals surface area contributed by atoms with Crippen molar-refractivity contribution >= 4 is 11.6 Å². The molecule has 0 saturated heterocycles. The number of amides is 1. The summed E-state index contributed by atoms with van der Waals surface area (Å²) < 4.78 is 0. The van der Waals surface area contributed by atoms with Crippen LogP contribution in [0.5, 0.6) is 0 Å². The Morgan fingerprint density at radius 1 is 1.26 bits per heavy atom. The summed E-state index contributed by atoms with van der Waals surface area (Å²) in [4.78, 5) is 14.6. The van der Waals surface area contributed by atoms with Gasteiger partial charge in [-0.2, -0.15) is 0 Å². The molecule has 0 bridgehead atoms. The largest absolute Gasteiger partial charge is 0.326 e. The van der Waals surface area contributed by atoms with Crippen molar-refractivity contribution in [3.8, 4) is 0 Å². The van der Waals surface area contributed by atoms with Crippen LogP contribution in [-0.4, -0.2) is 11.9 Å². The third-order valence-electron chi connectivity index (χ3n) is 3.65. The lowest BCUT2D eigenvalue weighted by Crippen LogP contribution is -2.44. The van der Waals surface area contributed by atoms with Gasteiger partial charge in [-0.3, -0.25) is 4.79 Å². The van der Waals surface area contributed by atoms with E-state index < -0.39 is 0 Å². The second-order valence-corrected chi connectivity index (χ2v) is 5.88. The fraction of sp³-hybridized carbons (Fsp3) is 0.562. The summed E-state index contributed by atoms with van der Waals surface area (Å²) in [6.45, 7) is 10.7. The highest BCUT2D eigenvalue weighted by molar-refractivity contribution is 5.97. The van der Waals surface area contributed by atoms with Crippen LogP contribution in [0.3, 0.4) is 0 Å². The molecule has 0 aromatic heterocycles. The summed E-state index contributed by atoms with van der Waals surface area (Å²) in [6, 6.07) is 8.06. The third kappa shape index (κ3) is 3.57. The molecule has 0 atom stereocenters. The summed E-state index contributed by atoms with van der Waals surface area (Å²) in [7, 11) is 0. The van der Waals surface area contributed by atoms with Gasteiger partial charge in [-0.15, -0.1) is 0 Å². The van der Waals surface area contributed by atoms with Crippen molar-refractivity contribution in [1.29, 1.82) is 0 Å². The van der Waals surface area contributed by atoms with Crippen molar-refractivity contribution in [2.75, 3.05) is 4.90 Å². The van der Waals surface area contributed by atoms with Crippen LogP contribution in [-0.2, 0) is 11.3 Å². The van der Waals surface area contributed by atoms with Crippen molar-refractivity contribution in [3.63, 3.8) is 0 Å². The van der Waals surface area contributed by atoms with E-state index in [1.54, 1.807) is 0 Å². The maximum Gasteiger partial charge on any atom is 0.232 e. The highest BCUT2D eigenvalue weighted by Crippen LogP contribution is 2.28. The summed E-state index contributed by atoms with van der Waals surface area (Å²) in [5.41, 5.74) is 7.29. The van der Waals surface area contributed by atoms with Gasteiger partial charge in [-0.1, -0.05) is 32.9 Å². The van der Waals surface area contributed by atoms with Gasteiger partial charge in [-0.05, 0) is 38.0 Å². The third-order valence-corrected chi connectivity index (χ3v) is 3.65. The Balaban J connectivity index is 3.10. The predicted molar refractivity (Wildman–Crippen MR) is 81.0 cm³/mol. The standard InChI is InChI=1S/C16H26N2O/c1-6-16(4,5)15(19)18(12(2)3)14-9-7-13(11-17)8-10-14/h7-10,12H,6,11,17H2,1-5H3. The van der Waals surface area contributed by atoms with E-state index >= 15 is 0 Å². The maximum atomic E-state index is 12.7. The molecule has 1 amide bonds. The predicted octanol–water partition coefficient (Wildman–Crippen LogP) is 3.32. The number of hydrogen-bond acceptors (Lipinski definition) is 2. The number of rotatable bonds is 5. The number of anilines is 1. The Morgan fingerprint density at radius 3 is 2.16 bits per heavy atom. The van der Waals surface area contributed by atoms with Crippen molar-refractivity contribution in [2.24, 2.45) is 11.1 Å². The Bertz CT molecular complexity index is 421. The first kappa shape index (κ1) is 15.7. The minimum atomic E-state index is -0.336. The average molecular weight is 262 g/mol. The average Bonchev–Trinajstić information content (AvgIpc) is 2.39. The highest BCUT2D eigenvalue weighted by Gasteiger charge is 2.32. The van der Waals surface area contributed by atoms with E-state index in [4.69, 9.17) is 5.73 Å². The normalized spacial score (nSPS) is 11.7. The van der Waals surface area contributed by atoms with Gasteiger partial charge >= 0.3 is 0 Å². The Labute approximate surface area is 116 Å². The SMILES string of the molecule is CCC(C)(C)C(=O)N(c1ccc(CN)cc1)C(C)C. The van der Waals surface area contributed by atoms with Crippen LogP contribution in [0, 0.1) is 5.41 Å². The van der Waals surface area contributed by atoms with Crippen LogP contribution in [0.25, 0.3) is 0 Å². The second kappa shape index (κ2) is 6.20. The van der Waals surface area contributed by atoms with E-state index in [1.165, 1.54) is 0 Å². The van der Waals surface area contributed by atoms with E-state index in [2.05, 4.69) is 0 Å². The lowest BCUT2D eigenvalue weighted by Gasteiger charge is -2.34. The Hall–Kier alpha value is -1.35. The van der Waals surface area contributed by atoms with Gasteiger partial charge in [0.15, 0.2) is 0 Å². The smallest absolute Gasteiger partial charge is 0.232 e. The molecule has 0 aliphatic carbocycles. The van der Waals surface area contributed by atoms with Gasteiger partial charge in [-0.25, -0.2) is 0 Å². The molecule has 3 nitrogen and oxygen atoms in total. The highest BCUT2D eigenvalue weighted by atomic mass is 16.2. The molecule has 1 aromatic carbocycles. The minimum Gasteiger partial charge on any atom is -0.326 e. The molecule has 0 aliphatic heterocycles. The van der Waals surface area contributed by atoms with Crippen molar-refractivity contribution in [2.45, 2.75) is 53.6 Å². The number of nitrogens with two attached hydrogens (primary N) is 1. The zero-order chi connectivity index (χ0) is 14.6. The molecule has 0 heterocycles. The van der Waals surface area contributed by atoms with E-state index in [0.29, 0.717) is 6.54 Å². The molecule has 2 N–H and O–H groups in total.